The molecule has 2 aromatic heterocycles. The Labute approximate surface area is 113 Å². The van der Waals surface area contributed by atoms with Gasteiger partial charge in [0.15, 0.2) is 4.67 Å². The third kappa shape index (κ3) is 3.81. The van der Waals surface area contributed by atoms with Crippen LogP contribution in [-0.2, 0) is 12.8 Å². The first-order chi connectivity index (χ1) is 8.28. The van der Waals surface area contributed by atoms with Crippen LogP contribution >= 0.6 is 27.3 Å². The summed E-state index contributed by atoms with van der Waals surface area (Å²) in [5.41, 5.74) is 0. The van der Waals surface area contributed by atoms with Gasteiger partial charge in [0.25, 0.3) is 0 Å². The molecule has 0 aromatic carbocycles. The summed E-state index contributed by atoms with van der Waals surface area (Å²) in [6.07, 6.45) is 2.95. The maximum atomic E-state index is 5.41. The fourth-order valence-electron chi connectivity index (χ4n) is 1.42. The van der Waals surface area contributed by atoms with E-state index in [1.165, 1.54) is 0 Å². The fourth-order valence-corrected chi connectivity index (χ4v) is 2.63. The largest absolute Gasteiger partial charge is 0.454 e. The lowest BCUT2D eigenvalue weighted by Crippen LogP contribution is -2.03. The van der Waals surface area contributed by atoms with Gasteiger partial charge in [-0.15, -0.1) is 10.2 Å². The van der Waals surface area contributed by atoms with Crippen LogP contribution in [0.3, 0.4) is 0 Å². The summed E-state index contributed by atoms with van der Waals surface area (Å²) in [5, 5.41) is 13.4. The van der Waals surface area contributed by atoms with Gasteiger partial charge in [-0.05, 0) is 34.5 Å². The highest BCUT2D eigenvalue weighted by Gasteiger charge is 2.03. The predicted molar refractivity (Wildman–Crippen MR) is 72.5 cm³/mol. The van der Waals surface area contributed by atoms with Crippen molar-refractivity contribution in [3.8, 4) is 0 Å². The predicted octanol–water partition coefficient (Wildman–Crippen LogP) is 3.50. The van der Waals surface area contributed by atoms with Crippen molar-refractivity contribution in [3.05, 3.63) is 27.6 Å². The number of halogens is 1. The third-order valence-corrected chi connectivity index (χ3v) is 3.57. The zero-order valence-corrected chi connectivity index (χ0v) is 12.0. The van der Waals surface area contributed by atoms with Gasteiger partial charge in [0.1, 0.15) is 10.8 Å². The van der Waals surface area contributed by atoms with E-state index in [2.05, 4.69) is 38.4 Å². The van der Waals surface area contributed by atoms with Gasteiger partial charge in [0.2, 0.25) is 5.13 Å². The fraction of sp³-hybridized carbons (Fsp3) is 0.455. The molecule has 2 rings (SSSR count). The monoisotopic (exact) mass is 315 g/mol. The summed E-state index contributed by atoms with van der Waals surface area (Å²) < 4.78 is 6.18. The molecule has 6 heteroatoms. The SMILES string of the molecule is CCCc1nnc(NCCc2ccc(Br)o2)s1. The number of aryl methyl sites for hydroxylation is 1. The van der Waals surface area contributed by atoms with Crippen molar-refractivity contribution in [1.29, 1.82) is 0 Å². The molecular weight excluding hydrogens is 302 g/mol. The van der Waals surface area contributed by atoms with E-state index < -0.39 is 0 Å². The summed E-state index contributed by atoms with van der Waals surface area (Å²) in [4.78, 5) is 0. The van der Waals surface area contributed by atoms with Crippen molar-refractivity contribution in [2.24, 2.45) is 0 Å². The molecule has 1 N–H and O–H groups in total. The van der Waals surface area contributed by atoms with Crippen molar-refractivity contribution in [1.82, 2.24) is 10.2 Å². The van der Waals surface area contributed by atoms with Crippen molar-refractivity contribution in [2.45, 2.75) is 26.2 Å². The number of rotatable bonds is 6. The van der Waals surface area contributed by atoms with Crippen molar-refractivity contribution >= 4 is 32.4 Å². The van der Waals surface area contributed by atoms with Gasteiger partial charge in [-0.25, -0.2) is 0 Å². The Kier molecular flexibility index (Phi) is 4.56. The molecule has 0 spiro atoms. The van der Waals surface area contributed by atoms with Gasteiger partial charge in [-0.2, -0.15) is 0 Å². The molecule has 0 amide bonds. The average Bonchev–Trinajstić information content (AvgIpc) is 2.89. The van der Waals surface area contributed by atoms with Gasteiger partial charge < -0.3 is 9.73 Å². The first kappa shape index (κ1) is 12.6. The van der Waals surface area contributed by atoms with E-state index in [9.17, 15) is 0 Å². The molecule has 2 aromatic rings. The first-order valence-electron chi connectivity index (χ1n) is 5.58. The second-order valence-electron chi connectivity index (χ2n) is 3.63. The highest BCUT2D eigenvalue weighted by molar-refractivity contribution is 9.10. The third-order valence-electron chi connectivity index (χ3n) is 2.21. The molecule has 0 bridgehead atoms. The van der Waals surface area contributed by atoms with Gasteiger partial charge in [0, 0.05) is 19.4 Å². The lowest BCUT2D eigenvalue weighted by Gasteiger charge is -1.98. The number of anilines is 1. The average molecular weight is 316 g/mol. The van der Waals surface area contributed by atoms with E-state index in [0.29, 0.717) is 0 Å². The number of furan rings is 1. The smallest absolute Gasteiger partial charge is 0.205 e. The normalized spacial score (nSPS) is 10.7. The summed E-state index contributed by atoms with van der Waals surface area (Å²) in [7, 11) is 0. The van der Waals surface area contributed by atoms with E-state index in [-0.39, 0.29) is 0 Å². The maximum Gasteiger partial charge on any atom is 0.205 e. The zero-order chi connectivity index (χ0) is 12.1. The summed E-state index contributed by atoms with van der Waals surface area (Å²) in [6.45, 7) is 2.95. The van der Waals surface area contributed by atoms with Crippen molar-refractivity contribution in [2.75, 3.05) is 11.9 Å². The lowest BCUT2D eigenvalue weighted by atomic mass is 10.3. The Morgan fingerprint density at radius 3 is 2.94 bits per heavy atom. The molecule has 0 atom stereocenters. The number of hydrogen-bond acceptors (Lipinski definition) is 5. The standard InChI is InChI=1S/C11H14BrN3OS/c1-2-3-10-14-15-11(17-10)13-7-6-8-4-5-9(12)16-8/h4-5H,2-3,6-7H2,1H3,(H,13,15). The molecule has 0 radical (unpaired) electrons. The molecule has 0 aliphatic heterocycles. The van der Waals surface area contributed by atoms with Crippen LogP contribution in [0.15, 0.2) is 21.2 Å². The zero-order valence-electron chi connectivity index (χ0n) is 9.57. The van der Waals surface area contributed by atoms with Gasteiger partial charge in [-0.3, -0.25) is 0 Å². The summed E-state index contributed by atoms with van der Waals surface area (Å²) in [6, 6.07) is 3.87. The first-order valence-corrected chi connectivity index (χ1v) is 7.19. The molecule has 0 fully saturated rings. The van der Waals surface area contributed by atoms with Crippen LogP contribution in [0.2, 0.25) is 0 Å². The van der Waals surface area contributed by atoms with Crippen LogP contribution < -0.4 is 5.32 Å². The molecule has 2 heterocycles. The van der Waals surface area contributed by atoms with E-state index in [0.717, 1.165) is 46.4 Å². The van der Waals surface area contributed by atoms with Gasteiger partial charge in [-0.1, -0.05) is 18.3 Å². The number of nitrogens with one attached hydrogen (secondary N) is 1. The van der Waals surface area contributed by atoms with Crippen LogP contribution in [-0.4, -0.2) is 16.7 Å². The molecule has 17 heavy (non-hydrogen) atoms. The van der Waals surface area contributed by atoms with Crippen LogP contribution in [0.25, 0.3) is 0 Å². The Bertz CT molecular complexity index is 469. The molecule has 0 saturated heterocycles. The van der Waals surface area contributed by atoms with Gasteiger partial charge >= 0.3 is 0 Å². The highest BCUT2D eigenvalue weighted by atomic mass is 79.9. The number of aromatic nitrogens is 2. The quantitative estimate of drug-likeness (QED) is 0.886. The van der Waals surface area contributed by atoms with Crippen LogP contribution in [0.4, 0.5) is 5.13 Å². The second-order valence-corrected chi connectivity index (χ2v) is 5.48. The Hall–Kier alpha value is -0.880. The minimum absolute atomic E-state index is 0.772. The molecular formula is C11H14BrN3OS. The number of hydrogen-bond donors (Lipinski definition) is 1. The van der Waals surface area contributed by atoms with Crippen molar-refractivity contribution in [3.63, 3.8) is 0 Å². The minimum atomic E-state index is 0.772. The van der Waals surface area contributed by atoms with E-state index in [4.69, 9.17) is 4.42 Å². The summed E-state index contributed by atoms with van der Waals surface area (Å²) >= 11 is 4.91. The minimum Gasteiger partial charge on any atom is -0.454 e. The van der Waals surface area contributed by atoms with E-state index in [1.807, 2.05) is 12.1 Å². The topological polar surface area (TPSA) is 51.0 Å². The van der Waals surface area contributed by atoms with Crippen LogP contribution in [0.5, 0.6) is 0 Å². The van der Waals surface area contributed by atoms with Gasteiger partial charge in [0.05, 0.1) is 0 Å². The van der Waals surface area contributed by atoms with Crippen LogP contribution in [0.1, 0.15) is 24.1 Å². The molecule has 92 valence electrons. The maximum absolute atomic E-state index is 5.41. The Balaban J connectivity index is 1.77. The van der Waals surface area contributed by atoms with E-state index in [1.54, 1.807) is 11.3 Å². The van der Waals surface area contributed by atoms with E-state index >= 15 is 0 Å². The molecule has 0 aliphatic carbocycles. The van der Waals surface area contributed by atoms with Crippen molar-refractivity contribution < 1.29 is 4.42 Å². The molecule has 0 aliphatic rings. The second kappa shape index (κ2) is 6.16. The summed E-state index contributed by atoms with van der Waals surface area (Å²) in [5.74, 6) is 0.961. The highest BCUT2D eigenvalue weighted by Crippen LogP contribution is 2.17. The lowest BCUT2D eigenvalue weighted by molar-refractivity contribution is 0.491. The molecule has 0 saturated carbocycles. The molecule has 4 nitrogen and oxygen atoms in total. The molecule has 0 unspecified atom stereocenters. The Morgan fingerprint density at radius 1 is 1.35 bits per heavy atom. The number of nitrogens with zero attached hydrogens (tertiary/aromatic N) is 2. The van der Waals surface area contributed by atoms with Crippen LogP contribution in [0, 0.1) is 0 Å². The Morgan fingerprint density at radius 2 is 2.24 bits per heavy atom.